The summed E-state index contributed by atoms with van der Waals surface area (Å²) in [6.07, 6.45) is -1.46. The van der Waals surface area contributed by atoms with E-state index in [1.807, 2.05) is 20.8 Å². The molecule has 1 aromatic heterocycles. The van der Waals surface area contributed by atoms with Crippen LogP contribution in [0.25, 0.3) is 5.69 Å². The van der Waals surface area contributed by atoms with Gasteiger partial charge in [-0.05, 0) is 47.9 Å². The van der Waals surface area contributed by atoms with Gasteiger partial charge in [0.25, 0.3) is 5.56 Å². The molecule has 164 valence electrons. The molecule has 0 saturated heterocycles. The van der Waals surface area contributed by atoms with Gasteiger partial charge in [0.1, 0.15) is 5.75 Å². The van der Waals surface area contributed by atoms with E-state index in [2.05, 4.69) is 4.98 Å². The summed E-state index contributed by atoms with van der Waals surface area (Å²) < 4.78 is 45.3. The Labute approximate surface area is 187 Å². The number of aromatic nitrogens is 2. The van der Waals surface area contributed by atoms with E-state index >= 15 is 0 Å². The molecule has 0 unspecified atom stereocenters. The number of alkyl halides is 3. The molecule has 0 radical (unpaired) electrons. The van der Waals surface area contributed by atoms with Crippen molar-refractivity contribution in [2.45, 2.75) is 36.9 Å². The third-order valence-corrected chi connectivity index (χ3v) is 5.34. The fraction of sp³-hybridized carbons (Fsp3) is 0.273. The average molecular weight is 469 g/mol. The van der Waals surface area contributed by atoms with Gasteiger partial charge in [-0.1, -0.05) is 44.1 Å². The number of ether oxygens (including phenoxy) is 1. The zero-order valence-corrected chi connectivity index (χ0v) is 18.6. The van der Waals surface area contributed by atoms with Crippen LogP contribution >= 0.6 is 23.4 Å². The van der Waals surface area contributed by atoms with Crippen molar-refractivity contribution in [3.05, 3.63) is 75.8 Å². The van der Waals surface area contributed by atoms with Crippen molar-refractivity contribution >= 4 is 23.4 Å². The largest absolute Gasteiger partial charge is 0.491 e. The summed E-state index contributed by atoms with van der Waals surface area (Å²) in [7, 11) is 0. The van der Waals surface area contributed by atoms with Crippen LogP contribution in [0.4, 0.5) is 13.2 Å². The third-order valence-electron chi connectivity index (χ3n) is 4.06. The van der Waals surface area contributed by atoms with Gasteiger partial charge in [-0.15, -0.1) is 0 Å². The van der Waals surface area contributed by atoms with Gasteiger partial charge in [0.15, 0.2) is 5.03 Å². The summed E-state index contributed by atoms with van der Waals surface area (Å²) in [4.78, 5) is 17.4. The van der Waals surface area contributed by atoms with Crippen LogP contribution in [0.15, 0.2) is 69.6 Å². The van der Waals surface area contributed by atoms with Crippen LogP contribution < -0.4 is 10.3 Å². The lowest BCUT2D eigenvalue weighted by molar-refractivity contribution is -0.137. The molecule has 3 rings (SSSR count). The molecule has 0 N–H and O–H groups in total. The summed E-state index contributed by atoms with van der Waals surface area (Å²) in [6.45, 7) is 6.61. The number of nitrogens with zero attached hydrogens (tertiary/aromatic N) is 2. The van der Waals surface area contributed by atoms with Crippen molar-refractivity contribution in [1.29, 1.82) is 0 Å². The van der Waals surface area contributed by atoms with Gasteiger partial charge in [-0.3, -0.25) is 9.36 Å². The Morgan fingerprint density at radius 2 is 1.77 bits per heavy atom. The number of halogens is 4. The Balaban J connectivity index is 1.84. The van der Waals surface area contributed by atoms with E-state index < -0.39 is 17.3 Å². The van der Waals surface area contributed by atoms with E-state index in [0.717, 1.165) is 23.9 Å². The topological polar surface area (TPSA) is 44.1 Å². The first-order valence-electron chi connectivity index (χ1n) is 9.29. The maximum Gasteiger partial charge on any atom is 0.416 e. The molecule has 0 saturated carbocycles. The SMILES string of the molecule is CC(C)(C)COc1ccc(-n2ccnc(Sc3ccc(C(F)(F)F)cc3)c2=O)cc1Cl. The van der Waals surface area contributed by atoms with Gasteiger partial charge in [-0.2, -0.15) is 13.2 Å². The highest BCUT2D eigenvalue weighted by Gasteiger charge is 2.30. The first kappa shape index (κ1) is 23.2. The fourth-order valence-electron chi connectivity index (χ4n) is 2.54. The minimum Gasteiger partial charge on any atom is -0.491 e. The predicted molar refractivity (Wildman–Crippen MR) is 115 cm³/mol. The quantitative estimate of drug-likeness (QED) is 0.430. The van der Waals surface area contributed by atoms with Gasteiger partial charge in [0.2, 0.25) is 0 Å². The minimum absolute atomic E-state index is 0.0333. The van der Waals surface area contributed by atoms with Crippen LogP contribution in [0.3, 0.4) is 0 Å². The molecule has 2 aromatic carbocycles. The average Bonchev–Trinajstić information content (AvgIpc) is 2.68. The first-order valence-corrected chi connectivity index (χ1v) is 10.5. The minimum atomic E-state index is -4.41. The zero-order chi connectivity index (χ0) is 22.8. The second kappa shape index (κ2) is 8.96. The molecule has 9 heteroatoms. The fourth-order valence-corrected chi connectivity index (χ4v) is 3.57. The Hall–Kier alpha value is -2.45. The summed E-state index contributed by atoms with van der Waals surface area (Å²) in [5.74, 6) is 0.516. The standard InChI is InChI=1S/C22H20ClF3N2O2S/c1-21(2,3)13-30-18-9-6-15(12-17(18)23)28-11-10-27-19(20(28)29)31-16-7-4-14(5-8-16)22(24,25)26/h4-12H,13H2,1-3H3. The third kappa shape index (κ3) is 6.04. The van der Waals surface area contributed by atoms with Gasteiger partial charge >= 0.3 is 6.18 Å². The summed E-state index contributed by atoms with van der Waals surface area (Å²) in [5, 5.41) is 0.494. The molecule has 4 nitrogen and oxygen atoms in total. The van der Waals surface area contributed by atoms with Crippen molar-refractivity contribution in [3.8, 4) is 11.4 Å². The summed E-state index contributed by atoms with van der Waals surface area (Å²) in [6, 6.07) is 9.58. The molecular formula is C22H20ClF3N2O2S. The monoisotopic (exact) mass is 468 g/mol. The molecule has 0 atom stereocenters. The van der Waals surface area contributed by atoms with Crippen LogP contribution in [0.1, 0.15) is 26.3 Å². The van der Waals surface area contributed by atoms with Gasteiger partial charge in [0, 0.05) is 17.3 Å². The van der Waals surface area contributed by atoms with Crippen LogP contribution in [0.5, 0.6) is 5.75 Å². The number of hydrogen-bond donors (Lipinski definition) is 0. The molecule has 0 fully saturated rings. The summed E-state index contributed by atoms with van der Waals surface area (Å²) >= 11 is 7.32. The van der Waals surface area contributed by atoms with Crippen molar-refractivity contribution in [2.75, 3.05) is 6.61 Å². The van der Waals surface area contributed by atoms with E-state index in [1.165, 1.54) is 29.1 Å². The molecule has 3 aromatic rings. The Morgan fingerprint density at radius 3 is 2.35 bits per heavy atom. The molecule has 31 heavy (non-hydrogen) atoms. The van der Waals surface area contributed by atoms with Gasteiger partial charge < -0.3 is 4.74 Å². The van der Waals surface area contributed by atoms with Gasteiger partial charge in [-0.25, -0.2) is 4.98 Å². The molecule has 0 aliphatic carbocycles. The normalized spacial score (nSPS) is 12.1. The van der Waals surface area contributed by atoms with Crippen molar-refractivity contribution in [3.63, 3.8) is 0 Å². The molecule has 0 bridgehead atoms. The second-order valence-electron chi connectivity index (χ2n) is 8.00. The lowest BCUT2D eigenvalue weighted by atomic mass is 9.99. The van der Waals surface area contributed by atoms with Crippen molar-refractivity contribution in [2.24, 2.45) is 5.41 Å². The molecule has 0 aliphatic rings. The molecule has 0 spiro atoms. The lowest BCUT2D eigenvalue weighted by Gasteiger charge is -2.19. The van der Waals surface area contributed by atoms with E-state index in [1.54, 1.807) is 18.2 Å². The Bertz CT molecular complexity index is 1120. The van der Waals surface area contributed by atoms with Crippen LogP contribution in [0.2, 0.25) is 5.02 Å². The number of hydrogen-bond acceptors (Lipinski definition) is 4. The molecular weight excluding hydrogens is 449 g/mol. The van der Waals surface area contributed by atoms with Crippen LogP contribution in [-0.4, -0.2) is 16.2 Å². The van der Waals surface area contributed by atoms with E-state index in [-0.39, 0.29) is 10.4 Å². The first-order chi connectivity index (χ1) is 14.4. The second-order valence-corrected chi connectivity index (χ2v) is 9.47. The number of benzene rings is 2. The Morgan fingerprint density at radius 1 is 1.10 bits per heavy atom. The molecule has 1 heterocycles. The Kier molecular flexibility index (Phi) is 6.71. The van der Waals surface area contributed by atoms with Crippen molar-refractivity contribution in [1.82, 2.24) is 9.55 Å². The molecule has 0 aliphatic heterocycles. The van der Waals surface area contributed by atoms with Gasteiger partial charge in [0.05, 0.1) is 22.9 Å². The predicted octanol–water partition coefficient (Wildman–Crippen LogP) is 6.48. The maximum absolute atomic E-state index is 12.9. The maximum atomic E-state index is 12.9. The number of rotatable bonds is 5. The summed E-state index contributed by atoms with van der Waals surface area (Å²) in [5.41, 5.74) is -0.672. The van der Waals surface area contributed by atoms with Crippen molar-refractivity contribution < 1.29 is 17.9 Å². The van der Waals surface area contributed by atoms with E-state index in [9.17, 15) is 18.0 Å². The molecule has 0 amide bonds. The van der Waals surface area contributed by atoms with E-state index in [4.69, 9.17) is 16.3 Å². The smallest absolute Gasteiger partial charge is 0.416 e. The van der Waals surface area contributed by atoms with Crippen LogP contribution in [-0.2, 0) is 6.18 Å². The van der Waals surface area contributed by atoms with E-state index in [0.29, 0.717) is 28.0 Å². The van der Waals surface area contributed by atoms with Crippen LogP contribution in [0, 0.1) is 5.41 Å². The highest BCUT2D eigenvalue weighted by Crippen LogP contribution is 2.32. The highest BCUT2D eigenvalue weighted by molar-refractivity contribution is 7.99. The highest BCUT2D eigenvalue weighted by atomic mass is 35.5. The lowest BCUT2D eigenvalue weighted by Crippen LogP contribution is -2.20. The zero-order valence-electron chi connectivity index (χ0n) is 17.0.